The Bertz CT molecular complexity index is 634. The number of rotatable bonds is 4. The number of hydrogen-bond donors (Lipinski definition) is 2. The van der Waals surface area contributed by atoms with Crippen LogP contribution in [-0.4, -0.2) is 19.7 Å². The Labute approximate surface area is 119 Å². The monoisotopic (exact) mass is 300 g/mol. The maximum Gasteiger partial charge on any atom is 0.451 e. The third-order valence-corrected chi connectivity index (χ3v) is 2.79. The van der Waals surface area contributed by atoms with Gasteiger partial charge in [-0.1, -0.05) is 6.92 Å². The Kier molecular flexibility index (Phi) is 4.01. The van der Waals surface area contributed by atoms with Crippen LogP contribution >= 0.6 is 0 Å². The zero-order valence-electron chi connectivity index (χ0n) is 11.6. The van der Waals surface area contributed by atoms with Gasteiger partial charge in [0, 0.05) is 31.4 Å². The predicted molar refractivity (Wildman–Crippen MR) is 71.4 cm³/mol. The summed E-state index contributed by atoms with van der Waals surface area (Å²) in [5.74, 6) is -1.46. The lowest BCUT2D eigenvalue weighted by atomic mass is 10.2. The molecule has 2 rings (SSSR count). The number of halogens is 3. The number of aryl methyl sites for hydroxylation is 2. The average molecular weight is 300 g/mol. The normalized spacial score (nSPS) is 11.7. The molecule has 2 heterocycles. The number of nitrogens with two attached hydrogens (primary N) is 1. The van der Waals surface area contributed by atoms with Gasteiger partial charge in [-0.2, -0.15) is 18.3 Å². The fourth-order valence-corrected chi connectivity index (χ4v) is 1.90. The van der Waals surface area contributed by atoms with E-state index < -0.39 is 12.0 Å². The molecule has 2 aromatic heterocycles. The number of aromatic nitrogens is 4. The van der Waals surface area contributed by atoms with Crippen LogP contribution in [0.15, 0.2) is 12.3 Å². The molecule has 0 saturated carbocycles. The van der Waals surface area contributed by atoms with Crippen LogP contribution in [-0.2, 0) is 26.2 Å². The quantitative estimate of drug-likeness (QED) is 0.902. The molecule has 9 heteroatoms. The van der Waals surface area contributed by atoms with Gasteiger partial charge in [0.15, 0.2) is 0 Å². The van der Waals surface area contributed by atoms with Gasteiger partial charge in [-0.05, 0) is 6.42 Å². The molecule has 0 aromatic carbocycles. The van der Waals surface area contributed by atoms with Crippen LogP contribution in [0.2, 0.25) is 0 Å². The van der Waals surface area contributed by atoms with Gasteiger partial charge in [-0.25, -0.2) is 9.97 Å². The Morgan fingerprint density at radius 2 is 2.05 bits per heavy atom. The van der Waals surface area contributed by atoms with Crippen LogP contribution in [0.3, 0.4) is 0 Å². The van der Waals surface area contributed by atoms with E-state index in [-0.39, 0.29) is 11.6 Å². The molecule has 21 heavy (non-hydrogen) atoms. The van der Waals surface area contributed by atoms with Crippen LogP contribution in [0, 0.1) is 0 Å². The molecule has 0 unspecified atom stereocenters. The topological polar surface area (TPSA) is 81.7 Å². The number of nitrogen functional groups attached to an aromatic ring is 1. The van der Waals surface area contributed by atoms with Gasteiger partial charge >= 0.3 is 6.18 Å². The lowest BCUT2D eigenvalue weighted by Gasteiger charge is -2.10. The summed E-state index contributed by atoms with van der Waals surface area (Å²) in [7, 11) is 1.78. The molecule has 3 N–H and O–H groups in total. The van der Waals surface area contributed by atoms with Gasteiger partial charge in [0.2, 0.25) is 5.82 Å². The van der Waals surface area contributed by atoms with Crippen molar-refractivity contribution in [3.8, 4) is 0 Å². The summed E-state index contributed by atoms with van der Waals surface area (Å²) >= 11 is 0. The highest BCUT2D eigenvalue weighted by Gasteiger charge is 2.35. The largest absolute Gasteiger partial charge is 0.451 e. The van der Waals surface area contributed by atoms with Crippen LogP contribution < -0.4 is 11.1 Å². The van der Waals surface area contributed by atoms with Crippen molar-refractivity contribution in [2.24, 2.45) is 7.05 Å². The molecule has 0 radical (unpaired) electrons. The number of nitrogens with zero attached hydrogens (tertiary/aromatic N) is 4. The Morgan fingerprint density at radius 1 is 1.33 bits per heavy atom. The second-order valence-corrected chi connectivity index (χ2v) is 4.48. The Morgan fingerprint density at radius 3 is 2.67 bits per heavy atom. The molecule has 0 atom stereocenters. The van der Waals surface area contributed by atoms with E-state index in [0.29, 0.717) is 6.54 Å². The molecule has 0 aliphatic carbocycles. The summed E-state index contributed by atoms with van der Waals surface area (Å²) in [6.45, 7) is 2.26. The molecule has 0 fully saturated rings. The smallest absolute Gasteiger partial charge is 0.384 e. The van der Waals surface area contributed by atoms with E-state index in [1.807, 2.05) is 6.92 Å². The van der Waals surface area contributed by atoms with Crippen LogP contribution in [0.5, 0.6) is 0 Å². The first-order valence-electron chi connectivity index (χ1n) is 6.26. The van der Waals surface area contributed by atoms with Gasteiger partial charge in [-0.15, -0.1) is 0 Å². The van der Waals surface area contributed by atoms with Gasteiger partial charge in [0.25, 0.3) is 0 Å². The van der Waals surface area contributed by atoms with Crippen LogP contribution in [0.25, 0.3) is 0 Å². The second kappa shape index (κ2) is 5.58. The molecular weight excluding hydrogens is 285 g/mol. The van der Waals surface area contributed by atoms with Crippen molar-refractivity contribution in [3.63, 3.8) is 0 Å². The van der Waals surface area contributed by atoms with E-state index in [1.54, 1.807) is 17.9 Å². The van der Waals surface area contributed by atoms with Gasteiger partial charge in [0.05, 0.1) is 5.69 Å². The zero-order valence-corrected chi connectivity index (χ0v) is 11.6. The van der Waals surface area contributed by atoms with Crippen molar-refractivity contribution in [1.29, 1.82) is 0 Å². The highest BCUT2D eigenvalue weighted by molar-refractivity contribution is 5.45. The molecule has 0 aliphatic rings. The average Bonchev–Trinajstić information content (AvgIpc) is 2.75. The maximum atomic E-state index is 12.6. The summed E-state index contributed by atoms with van der Waals surface area (Å²) in [6, 6.07) is 1.26. The van der Waals surface area contributed by atoms with Crippen molar-refractivity contribution >= 4 is 11.6 Å². The van der Waals surface area contributed by atoms with Gasteiger partial charge in [0.1, 0.15) is 11.6 Å². The molecule has 0 amide bonds. The maximum absolute atomic E-state index is 12.6. The minimum absolute atomic E-state index is 0.0285. The summed E-state index contributed by atoms with van der Waals surface area (Å²) in [5, 5.41) is 7.07. The van der Waals surface area contributed by atoms with Crippen LogP contribution in [0.1, 0.15) is 24.0 Å². The zero-order chi connectivity index (χ0) is 15.6. The molecule has 2 aromatic rings. The van der Waals surface area contributed by atoms with Crippen molar-refractivity contribution in [3.05, 3.63) is 29.3 Å². The van der Waals surface area contributed by atoms with Gasteiger partial charge < -0.3 is 11.1 Å². The first-order chi connectivity index (χ1) is 9.79. The van der Waals surface area contributed by atoms with E-state index in [2.05, 4.69) is 20.4 Å². The summed E-state index contributed by atoms with van der Waals surface area (Å²) in [4.78, 5) is 6.61. The lowest BCUT2D eigenvalue weighted by Crippen LogP contribution is -2.14. The molecular formula is C12H15F3N6. The van der Waals surface area contributed by atoms with Gasteiger partial charge in [-0.3, -0.25) is 4.68 Å². The van der Waals surface area contributed by atoms with E-state index in [9.17, 15) is 13.2 Å². The molecule has 0 saturated heterocycles. The lowest BCUT2D eigenvalue weighted by molar-refractivity contribution is -0.144. The van der Waals surface area contributed by atoms with Crippen LogP contribution in [0.4, 0.5) is 24.8 Å². The fourth-order valence-electron chi connectivity index (χ4n) is 1.90. The fraction of sp³-hybridized carbons (Fsp3) is 0.417. The Hall–Kier alpha value is -2.32. The number of alkyl halides is 3. The van der Waals surface area contributed by atoms with E-state index in [0.717, 1.165) is 17.7 Å². The molecule has 6 nitrogen and oxygen atoms in total. The third-order valence-electron chi connectivity index (χ3n) is 2.79. The standard InChI is InChI=1S/C12H15F3N6/c1-3-8-7(6-21(2)20-8)5-17-10-4-9(16)18-11(19-10)12(13,14)15/h4,6H,3,5H2,1-2H3,(H3,16,17,18,19). The van der Waals surface area contributed by atoms with Crippen molar-refractivity contribution in [2.45, 2.75) is 26.1 Å². The Balaban J connectivity index is 2.18. The molecule has 0 bridgehead atoms. The number of nitrogens with one attached hydrogen (secondary N) is 1. The first-order valence-corrected chi connectivity index (χ1v) is 6.26. The SMILES string of the molecule is CCc1nn(C)cc1CNc1cc(N)nc(C(F)(F)F)n1. The third kappa shape index (κ3) is 3.61. The second-order valence-electron chi connectivity index (χ2n) is 4.48. The predicted octanol–water partition coefficient (Wildman–Crippen LogP) is 1.99. The van der Waals surface area contributed by atoms with E-state index in [1.165, 1.54) is 6.07 Å². The summed E-state index contributed by atoms with van der Waals surface area (Å²) < 4.78 is 39.5. The molecule has 0 spiro atoms. The van der Waals surface area contributed by atoms with Crippen molar-refractivity contribution in [2.75, 3.05) is 11.1 Å². The van der Waals surface area contributed by atoms with E-state index in [4.69, 9.17) is 5.73 Å². The first kappa shape index (κ1) is 15.1. The molecule has 114 valence electrons. The number of hydrogen-bond acceptors (Lipinski definition) is 5. The molecule has 0 aliphatic heterocycles. The van der Waals surface area contributed by atoms with E-state index >= 15 is 0 Å². The van der Waals surface area contributed by atoms with Crippen molar-refractivity contribution in [1.82, 2.24) is 19.7 Å². The van der Waals surface area contributed by atoms with Crippen molar-refractivity contribution < 1.29 is 13.2 Å². The summed E-state index contributed by atoms with van der Waals surface area (Å²) in [6.07, 6.45) is -2.09. The highest BCUT2D eigenvalue weighted by Crippen LogP contribution is 2.27. The number of anilines is 2. The minimum atomic E-state index is -4.63. The highest BCUT2D eigenvalue weighted by atomic mass is 19.4. The summed E-state index contributed by atoms with van der Waals surface area (Å²) in [5.41, 5.74) is 7.15. The minimum Gasteiger partial charge on any atom is -0.384 e.